The first-order chi connectivity index (χ1) is 8.78. The summed E-state index contributed by atoms with van der Waals surface area (Å²) >= 11 is 0. The van der Waals surface area contributed by atoms with E-state index in [1.165, 1.54) is 11.1 Å². The van der Waals surface area contributed by atoms with E-state index in [-0.39, 0.29) is 6.09 Å². The first-order valence-corrected chi connectivity index (χ1v) is 6.62. The van der Waals surface area contributed by atoms with Crippen LogP contribution in [0.2, 0.25) is 0 Å². The van der Waals surface area contributed by atoms with E-state index in [1.54, 1.807) is 4.90 Å². The third-order valence-electron chi connectivity index (χ3n) is 3.38. The van der Waals surface area contributed by atoms with Gasteiger partial charge in [0.15, 0.2) is 0 Å². The Labute approximate surface area is 114 Å². The molecule has 2 rings (SSSR count). The molecular weight excluding hydrogens is 240 g/mol. The van der Waals surface area contributed by atoms with E-state index < -0.39 is 5.60 Å². The zero-order valence-corrected chi connectivity index (χ0v) is 12.1. The minimum Gasteiger partial charge on any atom is -0.444 e. The van der Waals surface area contributed by atoms with Crippen molar-refractivity contribution in [1.29, 1.82) is 0 Å². The predicted octanol–water partition coefficient (Wildman–Crippen LogP) is 2.87. The monoisotopic (exact) mass is 262 g/mol. The number of nitrogen functional groups attached to an aromatic ring is 1. The van der Waals surface area contributed by atoms with Gasteiger partial charge in [0, 0.05) is 18.8 Å². The topological polar surface area (TPSA) is 55.6 Å². The number of nitrogens with two attached hydrogens (primary N) is 1. The van der Waals surface area contributed by atoms with Gasteiger partial charge in [-0.15, -0.1) is 0 Å². The van der Waals surface area contributed by atoms with Gasteiger partial charge in [0.2, 0.25) is 0 Å². The summed E-state index contributed by atoms with van der Waals surface area (Å²) in [5.74, 6) is 0. The Bertz CT molecular complexity index is 504. The molecular formula is C15H22N2O2. The van der Waals surface area contributed by atoms with Crippen molar-refractivity contribution in [2.75, 3.05) is 12.3 Å². The van der Waals surface area contributed by atoms with Gasteiger partial charge in [0.1, 0.15) is 5.60 Å². The van der Waals surface area contributed by atoms with Crippen molar-refractivity contribution >= 4 is 11.8 Å². The molecule has 0 aliphatic carbocycles. The molecule has 0 aromatic heterocycles. The van der Waals surface area contributed by atoms with E-state index in [0.717, 1.165) is 17.7 Å². The Balaban J connectivity index is 2.15. The summed E-state index contributed by atoms with van der Waals surface area (Å²) in [5, 5.41) is 0. The van der Waals surface area contributed by atoms with Crippen LogP contribution in [0.3, 0.4) is 0 Å². The van der Waals surface area contributed by atoms with Crippen LogP contribution >= 0.6 is 0 Å². The van der Waals surface area contributed by atoms with Crippen molar-refractivity contribution in [2.45, 2.75) is 46.3 Å². The highest BCUT2D eigenvalue weighted by atomic mass is 16.6. The van der Waals surface area contributed by atoms with Crippen LogP contribution in [0.1, 0.15) is 37.5 Å². The zero-order valence-electron chi connectivity index (χ0n) is 12.1. The lowest BCUT2D eigenvalue weighted by atomic mass is 9.94. The van der Waals surface area contributed by atoms with Crippen molar-refractivity contribution in [3.63, 3.8) is 0 Å². The van der Waals surface area contributed by atoms with Gasteiger partial charge in [0.25, 0.3) is 0 Å². The normalized spacial score (nSPS) is 15.1. The molecule has 0 saturated carbocycles. The Morgan fingerprint density at radius 3 is 2.68 bits per heavy atom. The second kappa shape index (κ2) is 4.76. The number of ether oxygens (including phenoxy) is 1. The van der Waals surface area contributed by atoms with Crippen LogP contribution in [0.5, 0.6) is 0 Å². The summed E-state index contributed by atoms with van der Waals surface area (Å²) in [6.45, 7) is 8.98. The summed E-state index contributed by atoms with van der Waals surface area (Å²) < 4.78 is 5.41. The highest BCUT2D eigenvalue weighted by Crippen LogP contribution is 2.26. The van der Waals surface area contributed by atoms with Crippen molar-refractivity contribution in [2.24, 2.45) is 0 Å². The van der Waals surface area contributed by atoms with Crippen molar-refractivity contribution in [1.82, 2.24) is 4.90 Å². The Hall–Kier alpha value is -1.71. The molecule has 4 nitrogen and oxygen atoms in total. The van der Waals surface area contributed by atoms with Gasteiger partial charge in [-0.2, -0.15) is 0 Å². The minimum atomic E-state index is -0.450. The quantitative estimate of drug-likeness (QED) is 0.731. The number of hydrogen-bond acceptors (Lipinski definition) is 3. The molecule has 2 N–H and O–H groups in total. The maximum Gasteiger partial charge on any atom is 0.410 e. The SMILES string of the molecule is Cc1c(N)ccc2c1CCN(C(=O)OC(C)(C)C)C2. The lowest BCUT2D eigenvalue weighted by Gasteiger charge is -2.32. The maximum absolute atomic E-state index is 12.1. The number of hydrogen-bond donors (Lipinski definition) is 1. The molecule has 1 amide bonds. The Morgan fingerprint density at radius 2 is 2.05 bits per heavy atom. The number of rotatable bonds is 0. The number of amides is 1. The van der Waals surface area contributed by atoms with Gasteiger partial charge in [-0.25, -0.2) is 4.79 Å². The number of nitrogens with zero attached hydrogens (tertiary/aromatic N) is 1. The van der Waals surface area contributed by atoms with Gasteiger partial charge in [-0.3, -0.25) is 0 Å². The molecule has 1 heterocycles. The van der Waals surface area contributed by atoms with E-state index in [0.29, 0.717) is 13.1 Å². The number of anilines is 1. The summed E-state index contributed by atoms with van der Waals surface area (Å²) in [4.78, 5) is 13.8. The summed E-state index contributed by atoms with van der Waals surface area (Å²) in [7, 11) is 0. The fourth-order valence-corrected chi connectivity index (χ4v) is 2.34. The van der Waals surface area contributed by atoms with Crippen molar-refractivity contribution in [3.8, 4) is 0 Å². The minimum absolute atomic E-state index is 0.243. The van der Waals surface area contributed by atoms with Crippen LogP contribution < -0.4 is 5.73 Å². The zero-order chi connectivity index (χ0) is 14.2. The van der Waals surface area contributed by atoms with E-state index in [2.05, 4.69) is 0 Å². The molecule has 0 bridgehead atoms. The molecule has 4 heteroatoms. The number of fused-ring (bicyclic) bond motifs is 1. The van der Waals surface area contributed by atoms with Gasteiger partial charge in [-0.1, -0.05) is 6.07 Å². The average Bonchev–Trinajstić information content (AvgIpc) is 2.31. The molecule has 0 fully saturated rings. The smallest absolute Gasteiger partial charge is 0.410 e. The maximum atomic E-state index is 12.1. The molecule has 0 atom stereocenters. The van der Waals surface area contributed by atoms with Crippen LogP contribution in [-0.2, 0) is 17.7 Å². The Morgan fingerprint density at radius 1 is 1.37 bits per heavy atom. The number of carbonyl (C=O) groups excluding carboxylic acids is 1. The second-order valence-corrected chi connectivity index (χ2v) is 6.07. The molecule has 0 spiro atoms. The lowest BCUT2D eigenvalue weighted by Crippen LogP contribution is -2.40. The molecule has 104 valence electrons. The van der Waals surface area contributed by atoms with Gasteiger partial charge in [0.05, 0.1) is 0 Å². The van der Waals surface area contributed by atoms with Crippen LogP contribution in [0.4, 0.5) is 10.5 Å². The molecule has 19 heavy (non-hydrogen) atoms. The average molecular weight is 262 g/mol. The summed E-state index contributed by atoms with van der Waals surface area (Å²) in [6.07, 6.45) is 0.596. The van der Waals surface area contributed by atoms with Crippen molar-refractivity contribution in [3.05, 3.63) is 28.8 Å². The van der Waals surface area contributed by atoms with Gasteiger partial charge >= 0.3 is 6.09 Å². The van der Waals surface area contributed by atoms with Crippen molar-refractivity contribution < 1.29 is 9.53 Å². The fourth-order valence-electron chi connectivity index (χ4n) is 2.34. The largest absolute Gasteiger partial charge is 0.444 e. The predicted molar refractivity (Wildman–Crippen MR) is 75.9 cm³/mol. The molecule has 0 unspecified atom stereocenters. The highest BCUT2D eigenvalue weighted by Gasteiger charge is 2.26. The standard InChI is InChI=1S/C15H22N2O2/c1-10-12-7-8-17(14(18)19-15(2,3)4)9-11(12)5-6-13(10)16/h5-6H,7-9,16H2,1-4H3. The first kappa shape index (κ1) is 13.7. The highest BCUT2D eigenvalue weighted by molar-refractivity contribution is 5.69. The van der Waals surface area contributed by atoms with Gasteiger partial charge < -0.3 is 15.4 Å². The second-order valence-electron chi connectivity index (χ2n) is 6.07. The summed E-state index contributed by atoms with van der Waals surface area (Å²) in [6, 6.07) is 3.92. The number of carbonyl (C=O) groups is 1. The Kier molecular flexibility index (Phi) is 3.43. The van der Waals surface area contributed by atoms with E-state index in [4.69, 9.17) is 10.5 Å². The van der Waals surface area contributed by atoms with Gasteiger partial charge in [-0.05, 0) is 56.9 Å². The third-order valence-corrected chi connectivity index (χ3v) is 3.38. The fraction of sp³-hybridized carbons (Fsp3) is 0.533. The van der Waals surface area contributed by atoms with E-state index >= 15 is 0 Å². The molecule has 1 aliphatic rings. The number of benzene rings is 1. The molecule has 0 radical (unpaired) electrons. The van der Waals surface area contributed by atoms with Crippen LogP contribution in [0, 0.1) is 6.92 Å². The van der Waals surface area contributed by atoms with Crippen LogP contribution in [-0.4, -0.2) is 23.1 Å². The molecule has 1 aliphatic heterocycles. The first-order valence-electron chi connectivity index (χ1n) is 6.62. The van der Waals surface area contributed by atoms with E-state index in [1.807, 2.05) is 39.8 Å². The summed E-state index contributed by atoms with van der Waals surface area (Å²) in [5.41, 5.74) is 9.88. The van der Waals surface area contributed by atoms with Crippen LogP contribution in [0.15, 0.2) is 12.1 Å². The molecule has 1 aromatic carbocycles. The third kappa shape index (κ3) is 3.00. The molecule has 0 saturated heterocycles. The molecule has 1 aromatic rings. The lowest BCUT2D eigenvalue weighted by molar-refractivity contribution is 0.0224. The van der Waals surface area contributed by atoms with Crippen LogP contribution in [0.25, 0.3) is 0 Å². The van der Waals surface area contributed by atoms with E-state index in [9.17, 15) is 4.79 Å².